The van der Waals surface area contributed by atoms with E-state index in [0.29, 0.717) is 16.4 Å². The molecule has 1 unspecified atom stereocenters. The van der Waals surface area contributed by atoms with Gasteiger partial charge in [-0.05, 0) is 38.2 Å². The lowest BCUT2D eigenvalue weighted by molar-refractivity contribution is 0.217. The van der Waals surface area contributed by atoms with Gasteiger partial charge in [-0.3, -0.25) is 4.98 Å². The topological polar surface area (TPSA) is 50.9 Å². The number of pyridine rings is 1. The second kappa shape index (κ2) is 5.68. The van der Waals surface area contributed by atoms with Crippen LogP contribution in [0, 0.1) is 19.3 Å². The van der Waals surface area contributed by atoms with Crippen molar-refractivity contribution in [2.75, 3.05) is 5.32 Å². The van der Waals surface area contributed by atoms with Crippen molar-refractivity contribution < 1.29 is 0 Å². The largest absolute Gasteiger partial charge is 0.389 e. The summed E-state index contributed by atoms with van der Waals surface area (Å²) in [6.45, 7) is 8.66. The van der Waals surface area contributed by atoms with Gasteiger partial charge in [0, 0.05) is 23.1 Å². The van der Waals surface area contributed by atoms with Crippen LogP contribution < -0.4 is 11.1 Å². The summed E-state index contributed by atoms with van der Waals surface area (Å²) in [5.74, 6) is 0. The van der Waals surface area contributed by atoms with Gasteiger partial charge in [0.15, 0.2) is 0 Å². The van der Waals surface area contributed by atoms with Crippen molar-refractivity contribution in [3.05, 3.63) is 23.0 Å². The molecule has 0 amide bonds. The zero-order valence-electron chi connectivity index (χ0n) is 12.9. The van der Waals surface area contributed by atoms with Crippen LogP contribution in [0.4, 0.5) is 5.69 Å². The minimum absolute atomic E-state index is 0.302. The Morgan fingerprint density at radius 2 is 2.10 bits per heavy atom. The van der Waals surface area contributed by atoms with Crippen LogP contribution in [-0.4, -0.2) is 16.0 Å². The van der Waals surface area contributed by atoms with Gasteiger partial charge in [-0.2, -0.15) is 0 Å². The second-order valence-corrected chi connectivity index (χ2v) is 7.01. The van der Waals surface area contributed by atoms with Gasteiger partial charge < -0.3 is 11.1 Å². The highest BCUT2D eigenvalue weighted by molar-refractivity contribution is 7.80. The molecule has 1 fully saturated rings. The fraction of sp³-hybridized carbons (Fsp3) is 0.625. The van der Waals surface area contributed by atoms with Crippen LogP contribution in [0.15, 0.2) is 6.07 Å². The number of hydrogen-bond donors (Lipinski definition) is 2. The molecule has 0 aliphatic heterocycles. The molecule has 0 aromatic carbocycles. The molecule has 1 heterocycles. The molecule has 0 spiro atoms. The SMILES string of the molecule is Cc1cc(NC2CCCCC2(C)C)c(C(N)=S)c(C)n1. The number of nitrogens with two attached hydrogens (primary N) is 1. The highest BCUT2D eigenvalue weighted by atomic mass is 32.1. The Balaban J connectivity index is 2.35. The highest BCUT2D eigenvalue weighted by Gasteiger charge is 2.32. The first-order valence-corrected chi connectivity index (χ1v) is 7.76. The average molecular weight is 291 g/mol. The number of thiocarbonyl (C=S) groups is 1. The predicted octanol–water partition coefficient (Wildman–Crippen LogP) is 3.71. The lowest BCUT2D eigenvalue weighted by Gasteiger charge is -2.40. The van der Waals surface area contributed by atoms with Crippen LogP contribution in [0.1, 0.15) is 56.5 Å². The maximum Gasteiger partial charge on any atom is 0.107 e. The van der Waals surface area contributed by atoms with Crippen molar-refractivity contribution in [3.8, 4) is 0 Å². The van der Waals surface area contributed by atoms with E-state index < -0.39 is 0 Å². The van der Waals surface area contributed by atoms with Crippen molar-refractivity contribution in [3.63, 3.8) is 0 Å². The molecule has 4 heteroatoms. The van der Waals surface area contributed by atoms with Crippen LogP contribution >= 0.6 is 12.2 Å². The summed E-state index contributed by atoms with van der Waals surface area (Å²) in [6, 6.07) is 2.53. The first kappa shape index (κ1) is 15.2. The van der Waals surface area contributed by atoms with E-state index in [1.807, 2.05) is 13.8 Å². The number of aryl methyl sites for hydroxylation is 2. The molecule has 1 aromatic heterocycles. The van der Waals surface area contributed by atoms with Crippen LogP contribution in [0.3, 0.4) is 0 Å². The Morgan fingerprint density at radius 1 is 1.40 bits per heavy atom. The van der Waals surface area contributed by atoms with Crippen LogP contribution in [0.25, 0.3) is 0 Å². The van der Waals surface area contributed by atoms with E-state index in [9.17, 15) is 0 Å². The summed E-state index contributed by atoms with van der Waals surface area (Å²) in [7, 11) is 0. The summed E-state index contributed by atoms with van der Waals surface area (Å²) >= 11 is 5.20. The summed E-state index contributed by atoms with van der Waals surface area (Å²) in [4.78, 5) is 4.90. The number of nitrogens with zero attached hydrogens (tertiary/aromatic N) is 1. The third-order valence-electron chi connectivity index (χ3n) is 4.41. The zero-order valence-corrected chi connectivity index (χ0v) is 13.7. The van der Waals surface area contributed by atoms with Crippen molar-refractivity contribution >= 4 is 22.9 Å². The van der Waals surface area contributed by atoms with Crippen molar-refractivity contribution in [1.29, 1.82) is 0 Å². The third kappa shape index (κ3) is 3.11. The molecule has 0 saturated heterocycles. The average Bonchev–Trinajstić information content (AvgIpc) is 2.30. The molecule has 0 radical (unpaired) electrons. The van der Waals surface area contributed by atoms with Gasteiger partial charge in [-0.25, -0.2) is 0 Å². The van der Waals surface area contributed by atoms with Crippen molar-refractivity contribution in [2.24, 2.45) is 11.1 Å². The fourth-order valence-electron chi connectivity index (χ4n) is 3.20. The van der Waals surface area contributed by atoms with Crippen molar-refractivity contribution in [1.82, 2.24) is 4.98 Å². The molecule has 1 aliphatic rings. The van der Waals surface area contributed by atoms with Gasteiger partial charge >= 0.3 is 0 Å². The number of hydrogen-bond acceptors (Lipinski definition) is 3. The van der Waals surface area contributed by atoms with Crippen molar-refractivity contribution in [2.45, 2.75) is 59.4 Å². The van der Waals surface area contributed by atoms with Gasteiger partial charge in [0.25, 0.3) is 0 Å². The first-order chi connectivity index (χ1) is 9.31. The summed E-state index contributed by atoms with van der Waals surface area (Å²) in [5, 5.41) is 3.70. The lowest BCUT2D eigenvalue weighted by atomic mass is 9.73. The number of nitrogens with one attached hydrogen (secondary N) is 1. The zero-order chi connectivity index (χ0) is 14.9. The molecule has 1 saturated carbocycles. The van der Waals surface area contributed by atoms with Gasteiger partial charge in [0.1, 0.15) is 4.99 Å². The van der Waals surface area contributed by atoms with Gasteiger partial charge in [-0.1, -0.05) is 38.9 Å². The summed E-state index contributed by atoms with van der Waals surface area (Å²) in [5.41, 5.74) is 10.0. The predicted molar refractivity (Wildman–Crippen MR) is 89.3 cm³/mol. The van der Waals surface area contributed by atoms with Crippen LogP contribution in [0.5, 0.6) is 0 Å². The van der Waals surface area contributed by atoms with E-state index in [1.165, 1.54) is 25.7 Å². The molecule has 1 atom stereocenters. The number of aromatic nitrogens is 1. The van der Waals surface area contributed by atoms with Crippen LogP contribution in [0.2, 0.25) is 0 Å². The van der Waals surface area contributed by atoms with E-state index in [0.717, 1.165) is 22.6 Å². The standard InChI is InChI=1S/C16H25N3S/c1-10-9-12(14(15(17)20)11(2)18-10)19-13-7-5-6-8-16(13,3)4/h9,13H,5-8H2,1-4H3,(H2,17,20)(H,18,19). The monoisotopic (exact) mass is 291 g/mol. The van der Waals surface area contributed by atoms with Crippen LogP contribution in [-0.2, 0) is 0 Å². The van der Waals surface area contributed by atoms with E-state index in [2.05, 4.69) is 30.2 Å². The normalized spacial score (nSPS) is 21.5. The van der Waals surface area contributed by atoms with Gasteiger partial charge in [-0.15, -0.1) is 0 Å². The Labute approximate surface area is 127 Å². The summed E-state index contributed by atoms with van der Waals surface area (Å²) in [6.07, 6.45) is 5.06. The van der Waals surface area contributed by atoms with E-state index in [1.54, 1.807) is 0 Å². The molecular formula is C16H25N3S. The highest BCUT2D eigenvalue weighted by Crippen LogP contribution is 2.38. The molecule has 20 heavy (non-hydrogen) atoms. The Hall–Kier alpha value is -1.16. The summed E-state index contributed by atoms with van der Waals surface area (Å²) < 4.78 is 0. The van der Waals surface area contributed by atoms with Gasteiger partial charge in [0.05, 0.1) is 5.56 Å². The fourth-order valence-corrected chi connectivity index (χ4v) is 3.46. The molecule has 2 rings (SSSR count). The van der Waals surface area contributed by atoms with E-state index in [4.69, 9.17) is 18.0 Å². The number of anilines is 1. The molecule has 1 aromatic rings. The third-order valence-corrected chi connectivity index (χ3v) is 4.62. The minimum Gasteiger partial charge on any atom is -0.389 e. The van der Waals surface area contributed by atoms with E-state index >= 15 is 0 Å². The Bertz CT molecular complexity index is 523. The molecule has 1 aliphatic carbocycles. The maximum absolute atomic E-state index is 5.89. The second-order valence-electron chi connectivity index (χ2n) is 6.57. The molecule has 3 nitrogen and oxygen atoms in total. The van der Waals surface area contributed by atoms with E-state index in [-0.39, 0.29) is 0 Å². The molecule has 3 N–H and O–H groups in total. The first-order valence-electron chi connectivity index (χ1n) is 7.36. The lowest BCUT2D eigenvalue weighted by Crippen LogP contribution is -2.39. The quantitative estimate of drug-likeness (QED) is 0.834. The smallest absolute Gasteiger partial charge is 0.107 e. The molecule has 0 bridgehead atoms. The minimum atomic E-state index is 0.302. The van der Waals surface area contributed by atoms with Gasteiger partial charge in [0.2, 0.25) is 0 Å². The molecule has 110 valence electrons. The molecular weight excluding hydrogens is 266 g/mol. The maximum atomic E-state index is 5.89. The number of rotatable bonds is 3. The Morgan fingerprint density at radius 3 is 2.70 bits per heavy atom. The Kier molecular flexibility index (Phi) is 4.33.